The standard InChI is InChI=1S/C17H18N4OS2/c1-3-5-15-20-21-17(24-15)19-14(22)9-13-10-23-16(18-13)12-7-4-6-11(2)8-12/h4,6-8,10H,3,5,9H2,1-2H3,(H,19,21,22). The number of carbonyl (C=O) groups excluding carboxylic acids is 1. The number of hydrogen-bond donors (Lipinski definition) is 1. The number of amides is 1. The summed E-state index contributed by atoms with van der Waals surface area (Å²) in [5.74, 6) is -0.115. The summed E-state index contributed by atoms with van der Waals surface area (Å²) in [6.45, 7) is 4.15. The first-order valence-corrected chi connectivity index (χ1v) is 9.47. The summed E-state index contributed by atoms with van der Waals surface area (Å²) in [6, 6.07) is 8.20. The Kier molecular flexibility index (Phi) is 5.32. The van der Waals surface area contributed by atoms with Gasteiger partial charge in [0, 0.05) is 17.4 Å². The third kappa shape index (κ3) is 4.24. The van der Waals surface area contributed by atoms with Crippen LogP contribution >= 0.6 is 22.7 Å². The number of thiazole rings is 1. The Bertz CT molecular complexity index is 840. The molecule has 3 rings (SSSR count). The van der Waals surface area contributed by atoms with Gasteiger partial charge in [0.15, 0.2) is 0 Å². The number of hydrogen-bond acceptors (Lipinski definition) is 6. The zero-order chi connectivity index (χ0) is 16.9. The van der Waals surface area contributed by atoms with Gasteiger partial charge in [0.2, 0.25) is 11.0 Å². The van der Waals surface area contributed by atoms with Crippen LogP contribution < -0.4 is 5.32 Å². The maximum absolute atomic E-state index is 12.1. The molecule has 0 aliphatic heterocycles. The Labute approximate surface area is 148 Å². The van der Waals surface area contributed by atoms with Gasteiger partial charge in [0.25, 0.3) is 0 Å². The maximum atomic E-state index is 12.1. The Morgan fingerprint density at radius 1 is 1.29 bits per heavy atom. The van der Waals surface area contributed by atoms with Gasteiger partial charge in [-0.2, -0.15) is 0 Å². The van der Waals surface area contributed by atoms with Crippen LogP contribution in [0.5, 0.6) is 0 Å². The highest BCUT2D eigenvalue weighted by Gasteiger charge is 2.12. The molecule has 0 unspecified atom stereocenters. The van der Waals surface area contributed by atoms with Crippen molar-refractivity contribution in [1.82, 2.24) is 15.2 Å². The molecule has 2 aromatic heterocycles. The summed E-state index contributed by atoms with van der Waals surface area (Å²) < 4.78 is 0. The lowest BCUT2D eigenvalue weighted by molar-refractivity contribution is -0.115. The molecule has 7 heteroatoms. The van der Waals surface area contributed by atoms with Gasteiger partial charge in [0.05, 0.1) is 12.1 Å². The Morgan fingerprint density at radius 3 is 2.96 bits per heavy atom. The number of anilines is 1. The van der Waals surface area contributed by atoms with E-state index in [0.717, 1.165) is 34.1 Å². The average Bonchev–Trinajstić information content (AvgIpc) is 3.17. The van der Waals surface area contributed by atoms with Crippen LogP contribution in [0.3, 0.4) is 0 Å². The van der Waals surface area contributed by atoms with E-state index in [4.69, 9.17) is 0 Å². The normalized spacial score (nSPS) is 10.8. The van der Waals surface area contributed by atoms with E-state index in [9.17, 15) is 4.79 Å². The molecule has 1 aromatic carbocycles. The number of rotatable bonds is 6. The van der Waals surface area contributed by atoms with Crippen molar-refractivity contribution in [3.05, 3.63) is 45.9 Å². The summed E-state index contributed by atoms with van der Waals surface area (Å²) in [4.78, 5) is 16.7. The molecular formula is C17H18N4OS2. The number of aryl methyl sites for hydroxylation is 2. The molecule has 0 fully saturated rings. The minimum absolute atomic E-state index is 0.115. The van der Waals surface area contributed by atoms with Crippen LogP contribution in [0, 0.1) is 6.92 Å². The molecule has 0 bridgehead atoms. The van der Waals surface area contributed by atoms with Crippen molar-refractivity contribution in [2.75, 3.05) is 5.32 Å². The second kappa shape index (κ2) is 7.63. The Balaban J connectivity index is 1.62. The van der Waals surface area contributed by atoms with Gasteiger partial charge in [-0.3, -0.25) is 4.79 Å². The van der Waals surface area contributed by atoms with Gasteiger partial charge < -0.3 is 5.32 Å². The summed E-state index contributed by atoms with van der Waals surface area (Å²) in [7, 11) is 0. The fourth-order valence-electron chi connectivity index (χ4n) is 2.25. The van der Waals surface area contributed by atoms with E-state index in [2.05, 4.69) is 46.5 Å². The van der Waals surface area contributed by atoms with E-state index >= 15 is 0 Å². The molecule has 3 aromatic rings. The van der Waals surface area contributed by atoms with E-state index in [1.165, 1.54) is 16.9 Å². The molecule has 24 heavy (non-hydrogen) atoms. The lowest BCUT2D eigenvalue weighted by Crippen LogP contribution is -2.14. The van der Waals surface area contributed by atoms with Gasteiger partial charge in [-0.1, -0.05) is 42.0 Å². The van der Waals surface area contributed by atoms with Crippen molar-refractivity contribution < 1.29 is 4.79 Å². The molecule has 0 saturated carbocycles. The molecule has 5 nitrogen and oxygen atoms in total. The second-order valence-corrected chi connectivity index (χ2v) is 7.41. The molecule has 1 amide bonds. The molecule has 0 aliphatic rings. The third-order valence-electron chi connectivity index (χ3n) is 3.34. The second-order valence-electron chi connectivity index (χ2n) is 5.49. The third-order valence-corrected chi connectivity index (χ3v) is 5.17. The van der Waals surface area contributed by atoms with Gasteiger partial charge >= 0.3 is 0 Å². The van der Waals surface area contributed by atoms with Crippen molar-refractivity contribution in [2.45, 2.75) is 33.1 Å². The van der Waals surface area contributed by atoms with Gasteiger partial charge in [-0.15, -0.1) is 21.5 Å². The van der Waals surface area contributed by atoms with Crippen LogP contribution in [-0.2, 0) is 17.6 Å². The number of benzene rings is 1. The highest BCUT2D eigenvalue weighted by atomic mass is 32.1. The van der Waals surface area contributed by atoms with Crippen LogP contribution in [0.15, 0.2) is 29.6 Å². The van der Waals surface area contributed by atoms with Crippen molar-refractivity contribution in [3.8, 4) is 10.6 Å². The Hall–Kier alpha value is -2.12. The van der Waals surface area contributed by atoms with Crippen LogP contribution in [0.2, 0.25) is 0 Å². The van der Waals surface area contributed by atoms with Crippen molar-refractivity contribution >= 4 is 33.7 Å². The predicted molar refractivity (Wildman–Crippen MR) is 98.5 cm³/mol. The highest BCUT2D eigenvalue weighted by Crippen LogP contribution is 2.25. The monoisotopic (exact) mass is 358 g/mol. The van der Waals surface area contributed by atoms with Crippen LogP contribution in [-0.4, -0.2) is 21.1 Å². The lowest BCUT2D eigenvalue weighted by atomic mass is 10.1. The van der Waals surface area contributed by atoms with E-state index in [1.54, 1.807) is 11.3 Å². The zero-order valence-electron chi connectivity index (χ0n) is 13.6. The van der Waals surface area contributed by atoms with Crippen molar-refractivity contribution in [1.29, 1.82) is 0 Å². The average molecular weight is 358 g/mol. The molecule has 1 N–H and O–H groups in total. The number of aromatic nitrogens is 3. The summed E-state index contributed by atoms with van der Waals surface area (Å²) in [5.41, 5.74) is 3.05. The zero-order valence-corrected chi connectivity index (χ0v) is 15.2. The predicted octanol–water partition coefficient (Wildman–Crippen LogP) is 4.10. The largest absolute Gasteiger partial charge is 0.300 e. The minimum Gasteiger partial charge on any atom is -0.300 e. The Morgan fingerprint density at radius 2 is 2.17 bits per heavy atom. The minimum atomic E-state index is -0.115. The molecule has 0 atom stereocenters. The first-order valence-electron chi connectivity index (χ1n) is 7.77. The molecule has 0 radical (unpaired) electrons. The van der Waals surface area contributed by atoms with Crippen LogP contribution in [0.25, 0.3) is 10.6 Å². The molecule has 0 aliphatic carbocycles. The summed E-state index contributed by atoms with van der Waals surface area (Å²) >= 11 is 2.98. The highest BCUT2D eigenvalue weighted by molar-refractivity contribution is 7.15. The lowest BCUT2D eigenvalue weighted by Gasteiger charge is -1.99. The SMILES string of the molecule is CCCc1nnc(NC(=O)Cc2csc(-c3cccc(C)c3)n2)s1. The number of nitrogens with zero attached hydrogens (tertiary/aromatic N) is 3. The molecule has 0 saturated heterocycles. The van der Waals surface area contributed by atoms with Crippen molar-refractivity contribution in [3.63, 3.8) is 0 Å². The quantitative estimate of drug-likeness (QED) is 0.720. The first-order chi connectivity index (χ1) is 11.6. The number of nitrogens with one attached hydrogen (secondary N) is 1. The molecule has 124 valence electrons. The topological polar surface area (TPSA) is 67.8 Å². The maximum Gasteiger partial charge on any atom is 0.232 e. The van der Waals surface area contributed by atoms with Crippen molar-refractivity contribution in [2.24, 2.45) is 0 Å². The number of carbonyl (C=O) groups is 1. The van der Waals surface area contributed by atoms with Gasteiger partial charge in [-0.25, -0.2) is 4.98 Å². The van der Waals surface area contributed by atoms with E-state index in [1.807, 2.05) is 17.5 Å². The van der Waals surface area contributed by atoms with E-state index < -0.39 is 0 Å². The fourth-order valence-corrected chi connectivity index (χ4v) is 3.92. The first kappa shape index (κ1) is 16.7. The smallest absolute Gasteiger partial charge is 0.232 e. The molecule has 0 spiro atoms. The summed E-state index contributed by atoms with van der Waals surface area (Å²) in [6.07, 6.45) is 2.15. The van der Waals surface area contributed by atoms with Crippen LogP contribution in [0.1, 0.15) is 29.6 Å². The molecular weight excluding hydrogens is 340 g/mol. The van der Waals surface area contributed by atoms with E-state index in [0.29, 0.717) is 5.13 Å². The fraction of sp³-hybridized carbons (Fsp3) is 0.294. The van der Waals surface area contributed by atoms with Crippen LogP contribution in [0.4, 0.5) is 5.13 Å². The van der Waals surface area contributed by atoms with E-state index in [-0.39, 0.29) is 12.3 Å². The molecule has 2 heterocycles. The summed E-state index contributed by atoms with van der Waals surface area (Å²) in [5, 5.41) is 15.2. The van der Waals surface area contributed by atoms with Gasteiger partial charge in [-0.05, 0) is 19.4 Å². The van der Waals surface area contributed by atoms with Gasteiger partial charge in [0.1, 0.15) is 10.0 Å².